The Bertz CT molecular complexity index is 1180. The van der Waals surface area contributed by atoms with Gasteiger partial charge in [-0.15, -0.1) is 0 Å². The van der Waals surface area contributed by atoms with Crippen LogP contribution in [0, 0.1) is 0 Å². The third-order valence-corrected chi connectivity index (χ3v) is 5.10. The molecule has 7 nitrogen and oxygen atoms in total. The zero-order valence-electron chi connectivity index (χ0n) is 15.6. The van der Waals surface area contributed by atoms with Crippen LogP contribution in [0.3, 0.4) is 0 Å². The van der Waals surface area contributed by atoms with E-state index in [1.54, 1.807) is 0 Å². The van der Waals surface area contributed by atoms with Gasteiger partial charge in [0.25, 0.3) is 5.56 Å². The Morgan fingerprint density at radius 3 is 2.29 bits per heavy atom. The van der Waals surface area contributed by atoms with Crippen molar-refractivity contribution in [2.45, 2.75) is 12.5 Å². The summed E-state index contributed by atoms with van der Waals surface area (Å²) in [5, 5.41) is 14.6. The fourth-order valence-corrected chi connectivity index (χ4v) is 3.42. The van der Waals surface area contributed by atoms with Crippen LogP contribution in [-0.2, 0) is 14.1 Å². The molecular weight excluding hydrogens is 356 g/mol. The number of nitrogens with one attached hydrogen (secondary N) is 1. The second-order valence-corrected chi connectivity index (χ2v) is 6.84. The minimum atomic E-state index is -0.578. The van der Waals surface area contributed by atoms with Crippen LogP contribution in [-0.4, -0.2) is 20.0 Å². The van der Waals surface area contributed by atoms with Crippen molar-refractivity contribution < 1.29 is 5.11 Å². The molecule has 0 spiro atoms. The van der Waals surface area contributed by atoms with Crippen molar-refractivity contribution in [3.63, 3.8) is 0 Å². The first-order valence-electron chi connectivity index (χ1n) is 8.94. The molecule has 1 aliphatic rings. The largest absolute Gasteiger partial charge is 0.494 e. The van der Waals surface area contributed by atoms with Crippen molar-refractivity contribution >= 4 is 5.71 Å². The summed E-state index contributed by atoms with van der Waals surface area (Å²) in [7, 11) is 2.81. The third kappa shape index (κ3) is 2.90. The topological polar surface area (TPSA) is 88.6 Å². The van der Waals surface area contributed by atoms with Gasteiger partial charge in [-0.05, 0) is 16.7 Å². The number of nitrogens with zero attached hydrogens (tertiary/aromatic N) is 3. The van der Waals surface area contributed by atoms with Crippen molar-refractivity contribution in [2.75, 3.05) is 0 Å². The highest BCUT2D eigenvalue weighted by molar-refractivity contribution is 6.03. The molecular formula is C21H20N4O3. The van der Waals surface area contributed by atoms with Gasteiger partial charge in [-0.25, -0.2) is 4.79 Å². The molecule has 0 saturated carbocycles. The van der Waals surface area contributed by atoms with E-state index in [9.17, 15) is 14.7 Å². The Morgan fingerprint density at radius 2 is 1.61 bits per heavy atom. The van der Waals surface area contributed by atoms with Crippen LogP contribution in [0.5, 0.6) is 5.88 Å². The summed E-state index contributed by atoms with van der Waals surface area (Å²) in [6, 6.07) is 18.1. The van der Waals surface area contributed by atoms with E-state index in [2.05, 4.69) is 22.7 Å². The molecule has 0 amide bonds. The fraction of sp³-hybridized carbons (Fsp3) is 0.190. The molecule has 2 heterocycles. The maximum absolute atomic E-state index is 12.5. The molecule has 28 heavy (non-hydrogen) atoms. The molecule has 142 valence electrons. The normalized spacial score (nSPS) is 15.9. The molecule has 1 aliphatic heterocycles. The molecule has 0 fully saturated rings. The average molecular weight is 376 g/mol. The van der Waals surface area contributed by atoms with Gasteiger partial charge in [-0.1, -0.05) is 54.6 Å². The quantitative estimate of drug-likeness (QED) is 0.731. The van der Waals surface area contributed by atoms with E-state index in [1.165, 1.54) is 14.1 Å². The number of aromatic nitrogens is 2. The van der Waals surface area contributed by atoms with E-state index in [-0.39, 0.29) is 17.5 Å². The van der Waals surface area contributed by atoms with Gasteiger partial charge in [0.15, 0.2) is 0 Å². The summed E-state index contributed by atoms with van der Waals surface area (Å²) in [6.07, 6.45) is 0.436. The number of hydrazone groups is 1. The molecule has 0 bridgehead atoms. The lowest BCUT2D eigenvalue weighted by Crippen LogP contribution is -2.39. The second-order valence-electron chi connectivity index (χ2n) is 6.84. The summed E-state index contributed by atoms with van der Waals surface area (Å²) in [6.45, 7) is 0. The van der Waals surface area contributed by atoms with Gasteiger partial charge in [0, 0.05) is 20.5 Å². The number of aromatic hydroxyl groups is 1. The van der Waals surface area contributed by atoms with Crippen LogP contribution in [0.2, 0.25) is 0 Å². The lowest BCUT2D eigenvalue weighted by molar-refractivity contribution is 0.410. The van der Waals surface area contributed by atoms with E-state index in [0.29, 0.717) is 12.1 Å². The van der Waals surface area contributed by atoms with Crippen molar-refractivity contribution in [1.29, 1.82) is 0 Å². The number of hydrogen-bond acceptors (Lipinski definition) is 5. The third-order valence-electron chi connectivity index (χ3n) is 5.10. The maximum atomic E-state index is 12.5. The molecule has 1 unspecified atom stereocenters. The van der Waals surface area contributed by atoms with Gasteiger partial charge >= 0.3 is 5.69 Å². The molecule has 1 atom stereocenters. The van der Waals surface area contributed by atoms with E-state index in [4.69, 9.17) is 0 Å². The summed E-state index contributed by atoms with van der Waals surface area (Å²) in [5.74, 6) is -0.367. The minimum Gasteiger partial charge on any atom is -0.494 e. The lowest BCUT2D eigenvalue weighted by Gasteiger charge is -2.12. The van der Waals surface area contributed by atoms with Crippen molar-refractivity contribution in [3.05, 3.63) is 86.6 Å². The van der Waals surface area contributed by atoms with Gasteiger partial charge in [-0.3, -0.25) is 13.9 Å². The molecule has 2 aromatic carbocycles. The molecule has 1 aromatic heterocycles. The van der Waals surface area contributed by atoms with Crippen molar-refractivity contribution in [3.8, 4) is 17.0 Å². The summed E-state index contributed by atoms with van der Waals surface area (Å²) in [4.78, 5) is 24.4. The van der Waals surface area contributed by atoms with Crippen LogP contribution < -0.4 is 16.7 Å². The standard InChI is InChI=1S/C21H20N4O3/c1-24-19(26)18(20(27)25(2)21(24)28)17-12-16(22-23-17)15-10-8-14(9-11-15)13-6-4-3-5-7-13/h3-11,16,22,26H,12H2,1-2H3. The maximum Gasteiger partial charge on any atom is 0.333 e. The van der Waals surface area contributed by atoms with Gasteiger partial charge < -0.3 is 10.5 Å². The molecule has 2 N–H and O–H groups in total. The zero-order valence-corrected chi connectivity index (χ0v) is 15.6. The van der Waals surface area contributed by atoms with E-state index in [1.807, 2.05) is 42.5 Å². The van der Waals surface area contributed by atoms with Gasteiger partial charge in [0.2, 0.25) is 5.88 Å². The highest BCUT2D eigenvalue weighted by Crippen LogP contribution is 2.28. The summed E-state index contributed by atoms with van der Waals surface area (Å²) >= 11 is 0. The predicted octanol–water partition coefficient (Wildman–Crippen LogP) is 1.90. The molecule has 0 saturated heterocycles. The van der Waals surface area contributed by atoms with E-state index < -0.39 is 11.2 Å². The molecule has 7 heteroatoms. The lowest BCUT2D eigenvalue weighted by atomic mass is 9.97. The highest BCUT2D eigenvalue weighted by Gasteiger charge is 2.27. The number of rotatable bonds is 3. The highest BCUT2D eigenvalue weighted by atomic mass is 16.3. The van der Waals surface area contributed by atoms with Crippen LogP contribution in [0.25, 0.3) is 11.1 Å². The Kier molecular flexibility index (Phi) is 4.35. The van der Waals surface area contributed by atoms with Crippen LogP contribution >= 0.6 is 0 Å². The number of hydrogen-bond donors (Lipinski definition) is 2. The van der Waals surface area contributed by atoms with Crippen molar-refractivity contribution in [2.24, 2.45) is 19.2 Å². The van der Waals surface area contributed by atoms with E-state index in [0.717, 1.165) is 25.8 Å². The Labute approximate surface area is 161 Å². The first-order chi connectivity index (χ1) is 13.5. The Hall–Kier alpha value is -3.61. The summed E-state index contributed by atoms with van der Waals surface area (Å²) in [5.41, 5.74) is 5.68. The Balaban J connectivity index is 1.60. The average Bonchev–Trinajstić information content (AvgIpc) is 3.21. The molecule has 3 aromatic rings. The fourth-order valence-electron chi connectivity index (χ4n) is 3.42. The Morgan fingerprint density at radius 1 is 0.964 bits per heavy atom. The molecule has 4 rings (SSSR count). The smallest absolute Gasteiger partial charge is 0.333 e. The second kappa shape index (κ2) is 6.84. The van der Waals surface area contributed by atoms with Crippen LogP contribution in [0.15, 0.2) is 69.3 Å². The zero-order chi connectivity index (χ0) is 19.8. The number of benzene rings is 2. The molecule has 0 radical (unpaired) electrons. The van der Waals surface area contributed by atoms with Gasteiger partial charge in [0.1, 0.15) is 5.56 Å². The van der Waals surface area contributed by atoms with Gasteiger partial charge in [0.05, 0.1) is 11.8 Å². The first kappa shape index (κ1) is 17.8. The predicted molar refractivity (Wildman–Crippen MR) is 107 cm³/mol. The SMILES string of the molecule is Cn1c(O)c(C2=NNC(c3ccc(-c4ccccc4)cc3)C2)c(=O)n(C)c1=O. The van der Waals surface area contributed by atoms with Crippen LogP contribution in [0.1, 0.15) is 23.6 Å². The monoisotopic (exact) mass is 376 g/mol. The first-order valence-corrected chi connectivity index (χ1v) is 8.94. The summed E-state index contributed by atoms with van der Waals surface area (Å²) < 4.78 is 2.01. The molecule has 0 aliphatic carbocycles. The van der Waals surface area contributed by atoms with E-state index >= 15 is 0 Å². The van der Waals surface area contributed by atoms with Gasteiger partial charge in [-0.2, -0.15) is 5.10 Å². The minimum absolute atomic E-state index is 0.0560. The van der Waals surface area contributed by atoms with Crippen molar-refractivity contribution in [1.82, 2.24) is 14.6 Å². The van der Waals surface area contributed by atoms with Crippen LogP contribution in [0.4, 0.5) is 0 Å².